The Kier molecular flexibility index (Phi) is 5.62. The van der Waals surface area contributed by atoms with Crippen molar-refractivity contribution in [2.45, 2.75) is 19.4 Å². The van der Waals surface area contributed by atoms with Gasteiger partial charge in [0.25, 0.3) is 0 Å². The lowest BCUT2D eigenvalue weighted by molar-refractivity contribution is 0.227. The van der Waals surface area contributed by atoms with Gasteiger partial charge in [-0.25, -0.2) is 14.4 Å². The number of aliphatic hydroxyl groups is 1. The number of hydrogen-bond donors (Lipinski definition) is 1. The first kappa shape index (κ1) is 19.2. The Morgan fingerprint density at radius 3 is 2.86 bits per heavy atom. The maximum Gasteiger partial charge on any atom is 0.200 e. The van der Waals surface area contributed by atoms with Gasteiger partial charge in [-0.05, 0) is 12.1 Å². The molecule has 4 rings (SSSR count). The number of aliphatic hydroxyl groups excluding tert-OH is 1. The van der Waals surface area contributed by atoms with Crippen LogP contribution < -0.4 is 9.64 Å². The Hall–Kier alpha value is -3.13. The van der Waals surface area contributed by atoms with Gasteiger partial charge >= 0.3 is 0 Å². The predicted octanol–water partition coefficient (Wildman–Crippen LogP) is 3.14. The average molecular weight is 398 g/mol. The van der Waals surface area contributed by atoms with Gasteiger partial charge in [0, 0.05) is 68.3 Å². The summed E-state index contributed by atoms with van der Waals surface area (Å²) in [6.07, 6.45) is 4.45. The zero-order valence-corrected chi connectivity index (χ0v) is 15.7. The van der Waals surface area contributed by atoms with Crippen LogP contribution in [0.25, 0.3) is 11.5 Å². The van der Waals surface area contributed by atoms with Crippen molar-refractivity contribution in [1.82, 2.24) is 15.0 Å². The molecule has 3 heterocycles. The zero-order chi connectivity index (χ0) is 20.2. The van der Waals surface area contributed by atoms with E-state index >= 15 is 0 Å². The molecule has 0 amide bonds. The van der Waals surface area contributed by atoms with E-state index in [0.717, 1.165) is 11.3 Å². The third-order valence-electron chi connectivity index (χ3n) is 4.73. The number of pyridine rings is 1. The Labute approximate surface area is 166 Å². The van der Waals surface area contributed by atoms with Gasteiger partial charge in [0.15, 0.2) is 17.4 Å². The van der Waals surface area contributed by atoms with Gasteiger partial charge in [-0.3, -0.25) is 4.98 Å². The summed E-state index contributed by atoms with van der Waals surface area (Å²) in [4.78, 5) is 15.2. The van der Waals surface area contributed by atoms with Gasteiger partial charge in [-0.1, -0.05) is 6.07 Å². The number of hydrogen-bond acceptors (Lipinski definition) is 6. The number of halogens is 2. The molecule has 2 aromatic heterocycles. The number of aromatic nitrogens is 3. The number of rotatable bonds is 6. The molecule has 8 heteroatoms. The van der Waals surface area contributed by atoms with E-state index in [9.17, 15) is 8.78 Å². The largest absolute Gasteiger partial charge is 0.490 e. The first-order valence-corrected chi connectivity index (χ1v) is 9.39. The Bertz CT molecular complexity index is 1000. The highest BCUT2D eigenvalue weighted by molar-refractivity contribution is 5.54. The smallest absolute Gasteiger partial charge is 0.200 e. The fourth-order valence-corrected chi connectivity index (χ4v) is 3.24. The minimum atomic E-state index is -1.02. The summed E-state index contributed by atoms with van der Waals surface area (Å²) in [5.74, 6) is -1.56. The number of fused-ring (bicyclic) bond motifs is 1. The maximum atomic E-state index is 14.1. The molecule has 0 atom stereocenters. The SMILES string of the molecule is OCCCOc1cc(N2CCc3nc(-c4ccccn4)ncc3C2)cc(F)c1F. The molecule has 1 N–H and O–H groups in total. The van der Waals surface area contributed by atoms with Gasteiger partial charge < -0.3 is 14.7 Å². The summed E-state index contributed by atoms with van der Waals surface area (Å²) in [6.45, 7) is 1.13. The highest BCUT2D eigenvalue weighted by atomic mass is 19.2. The zero-order valence-electron chi connectivity index (χ0n) is 15.7. The van der Waals surface area contributed by atoms with Crippen LogP contribution in [0.1, 0.15) is 17.7 Å². The molecular formula is C21H20F2N4O2. The van der Waals surface area contributed by atoms with E-state index in [1.54, 1.807) is 12.4 Å². The Morgan fingerprint density at radius 2 is 2.07 bits per heavy atom. The van der Waals surface area contributed by atoms with E-state index in [4.69, 9.17) is 9.84 Å². The lowest BCUT2D eigenvalue weighted by Crippen LogP contribution is -2.31. The molecule has 3 aromatic rings. The third kappa shape index (κ3) is 4.17. The lowest BCUT2D eigenvalue weighted by Gasteiger charge is -2.30. The molecule has 0 spiro atoms. The molecule has 0 aliphatic carbocycles. The molecule has 0 radical (unpaired) electrons. The van der Waals surface area contributed by atoms with Crippen LogP contribution in [0.15, 0.2) is 42.7 Å². The number of nitrogens with zero attached hydrogens (tertiary/aromatic N) is 4. The third-order valence-corrected chi connectivity index (χ3v) is 4.73. The highest BCUT2D eigenvalue weighted by Crippen LogP contribution is 2.31. The van der Waals surface area contributed by atoms with Crippen molar-refractivity contribution in [2.24, 2.45) is 0 Å². The summed E-state index contributed by atoms with van der Waals surface area (Å²) in [6, 6.07) is 8.24. The van der Waals surface area contributed by atoms with Crippen molar-refractivity contribution in [3.63, 3.8) is 0 Å². The second kappa shape index (κ2) is 8.48. The molecule has 0 fully saturated rings. The first-order chi connectivity index (χ1) is 14.2. The van der Waals surface area contributed by atoms with Crippen LogP contribution in [0, 0.1) is 11.6 Å². The molecule has 0 saturated carbocycles. The van der Waals surface area contributed by atoms with Crippen molar-refractivity contribution >= 4 is 5.69 Å². The highest BCUT2D eigenvalue weighted by Gasteiger charge is 2.22. The van der Waals surface area contributed by atoms with Crippen molar-refractivity contribution in [2.75, 3.05) is 24.7 Å². The molecule has 1 aromatic carbocycles. The van der Waals surface area contributed by atoms with Crippen molar-refractivity contribution < 1.29 is 18.6 Å². The van der Waals surface area contributed by atoms with Gasteiger partial charge in [0.2, 0.25) is 5.82 Å². The van der Waals surface area contributed by atoms with Crippen LogP contribution in [-0.4, -0.2) is 39.8 Å². The molecule has 1 aliphatic rings. The van der Waals surface area contributed by atoms with E-state index in [1.165, 1.54) is 12.1 Å². The van der Waals surface area contributed by atoms with Gasteiger partial charge in [-0.15, -0.1) is 0 Å². The molecule has 0 saturated heterocycles. The summed E-state index contributed by atoms with van der Waals surface area (Å²) in [5, 5.41) is 8.84. The summed E-state index contributed by atoms with van der Waals surface area (Å²) in [7, 11) is 0. The van der Waals surface area contributed by atoms with Crippen molar-refractivity contribution in [1.29, 1.82) is 0 Å². The monoisotopic (exact) mass is 398 g/mol. The van der Waals surface area contributed by atoms with Gasteiger partial charge in [0.1, 0.15) is 5.69 Å². The minimum Gasteiger partial charge on any atom is -0.490 e. The summed E-state index contributed by atoms with van der Waals surface area (Å²) in [5.41, 5.74) is 3.10. The van der Waals surface area contributed by atoms with E-state index in [1.807, 2.05) is 23.1 Å². The normalized spacial score (nSPS) is 13.3. The van der Waals surface area contributed by atoms with E-state index in [-0.39, 0.29) is 19.0 Å². The second-order valence-corrected chi connectivity index (χ2v) is 6.72. The molecular weight excluding hydrogens is 378 g/mol. The van der Waals surface area contributed by atoms with Crippen molar-refractivity contribution in [3.05, 3.63) is 65.6 Å². The quantitative estimate of drug-likeness (QED) is 0.644. The van der Waals surface area contributed by atoms with Gasteiger partial charge in [-0.2, -0.15) is 4.39 Å². The maximum absolute atomic E-state index is 14.1. The lowest BCUT2D eigenvalue weighted by atomic mass is 10.1. The fraction of sp³-hybridized carbons (Fsp3) is 0.286. The average Bonchev–Trinajstić information content (AvgIpc) is 2.76. The predicted molar refractivity (Wildman–Crippen MR) is 104 cm³/mol. The minimum absolute atomic E-state index is 0.0762. The van der Waals surface area contributed by atoms with Gasteiger partial charge in [0.05, 0.1) is 12.3 Å². The second-order valence-electron chi connectivity index (χ2n) is 6.72. The fourth-order valence-electron chi connectivity index (χ4n) is 3.24. The van der Waals surface area contributed by atoms with Crippen LogP contribution in [0.2, 0.25) is 0 Å². The molecule has 6 nitrogen and oxygen atoms in total. The Morgan fingerprint density at radius 1 is 1.17 bits per heavy atom. The molecule has 0 unspecified atom stereocenters. The van der Waals surface area contributed by atoms with Crippen LogP contribution >= 0.6 is 0 Å². The van der Waals surface area contributed by atoms with Crippen LogP contribution in [0.3, 0.4) is 0 Å². The number of ether oxygens (including phenoxy) is 1. The van der Waals surface area contributed by atoms with Crippen LogP contribution in [0.4, 0.5) is 14.5 Å². The first-order valence-electron chi connectivity index (χ1n) is 9.39. The topological polar surface area (TPSA) is 71.4 Å². The molecule has 1 aliphatic heterocycles. The van der Waals surface area contributed by atoms with Crippen LogP contribution in [0.5, 0.6) is 5.75 Å². The summed E-state index contributed by atoms with van der Waals surface area (Å²) < 4.78 is 33.4. The van der Waals surface area contributed by atoms with Crippen molar-refractivity contribution in [3.8, 4) is 17.3 Å². The van der Waals surface area contributed by atoms with Crippen LogP contribution in [-0.2, 0) is 13.0 Å². The standard InChI is InChI=1S/C21H20F2N4O2/c22-16-10-15(11-19(20(16)23)29-9-3-8-28)27-7-5-17-14(13-27)12-25-21(26-17)18-4-1-2-6-24-18/h1-2,4,6,10-12,28H,3,5,7-9,13H2. The van der Waals surface area contributed by atoms with E-state index < -0.39 is 11.6 Å². The number of benzene rings is 1. The van der Waals surface area contributed by atoms with E-state index in [2.05, 4.69) is 15.0 Å². The molecule has 0 bridgehead atoms. The molecule has 150 valence electrons. The van der Waals surface area contributed by atoms with E-state index in [0.29, 0.717) is 43.1 Å². The molecule has 29 heavy (non-hydrogen) atoms. The Balaban J connectivity index is 1.55. The number of anilines is 1. The summed E-state index contributed by atoms with van der Waals surface area (Å²) >= 11 is 0.